The van der Waals surface area contributed by atoms with Gasteiger partial charge in [-0.25, -0.2) is 13.6 Å². The first-order valence-corrected chi connectivity index (χ1v) is 3.49. The number of hydrogen-bond acceptors (Lipinski definition) is 3. The Morgan fingerprint density at radius 1 is 1.42 bits per heavy atom. The summed E-state index contributed by atoms with van der Waals surface area (Å²) in [5, 5.41) is 0. The molecule has 3 nitrogen and oxygen atoms in total. The van der Waals surface area contributed by atoms with Gasteiger partial charge in [0.05, 0.1) is 6.61 Å². The van der Waals surface area contributed by atoms with Crippen molar-refractivity contribution in [2.75, 3.05) is 6.61 Å². The van der Waals surface area contributed by atoms with E-state index in [1.54, 1.807) is 0 Å². The number of halogens is 2. The minimum Gasteiger partial charge on any atom is -0.463 e. The summed E-state index contributed by atoms with van der Waals surface area (Å²) >= 11 is 0. The van der Waals surface area contributed by atoms with E-state index in [4.69, 9.17) is 0 Å². The Labute approximate surface area is 68.7 Å². The molecule has 0 bridgehead atoms. The number of Topliss-reactive ketones (excluding diaryl/α,β-unsaturated/α-hetero) is 1. The van der Waals surface area contributed by atoms with Gasteiger partial charge in [0.1, 0.15) is 0 Å². The number of rotatable bonds is 4. The molecule has 0 N–H and O–H groups in total. The molecule has 2 unspecified atom stereocenters. The molecule has 0 saturated carbocycles. The third kappa shape index (κ3) is 2.94. The molecule has 0 spiro atoms. The van der Waals surface area contributed by atoms with Crippen molar-refractivity contribution >= 4 is 11.8 Å². The van der Waals surface area contributed by atoms with Gasteiger partial charge in [0.2, 0.25) is 5.78 Å². The van der Waals surface area contributed by atoms with Crippen LogP contribution in [0.2, 0.25) is 0 Å². The molecule has 0 rings (SSSR count). The molecule has 2 atom stereocenters. The number of carbonyl (C=O) groups excluding carboxylic acids is 2. The molecule has 0 radical (unpaired) electrons. The standard InChI is InChI=1S/C7H10F2O3/c1-3-12-7(11)5(9)6(10)4(2)8/h4-5H,3H2,1-2H3. The van der Waals surface area contributed by atoms with Crippen molar-refractivity contribution < 1.29 is 23.1 Å². The molecule has 0 aliphatic carbocycles. The second-order valence-electron chi connectivity index (χ2n) is 2.13. The fraction of sp³-hybridized carbons (Fsp3) is 0.714. The topological polar surface area (TPSA) is 43.4 Å². The van der Waals surface area contributed by atoms with Crippen LogP contribution in [0.5, 0.6) is 0 Å². The molecule has 0 fully saturated rings. The third-order valence-corrected chi connectivity index (χ3v) is 1.14. The Hall–Kier alpha value is -1.00. The number of ketones is 1. The van der Waals surface area contributed by atoms with Crippen molar-refractivity contribution in [2.45, 2.75) is 26.2 Å². The molecular formula is C7H10F2O3. The second kappa shape index (κ2) is 4.79. The Morgan fingerprint density at radius 3 is 2.25 bits per heavy atom. The summed E-state index contributed by atoms with van der Waals surface area (Å²) in [6.07, 6.45) is -4.48. The minimum absolute atomic E-state index is 0.0345. The van der Waals surface area contributed by atoms with E-state index < -0.39 is 24.1 Å². The molecule has 0 aliphatic rings. The van der Waals surface area contributed by atoms with Crippen LogP contribution in [0.1, 0.15) is 13.8 Å². The van der Waals surface area contributed by atoms with E-state index in [0.29, 0.717) is 0 Å². The van der Waals surface area contributed by atoms with E-state index in [-0.39, 0.29) is 6.61 Å². The second-order valence-corrected chi connectivity index (χ2v) is 2.13. The summed E-state index contributed by atoms with van der Waals surface area (Å²) in [5.74, 6) is -2.72. The average Bonchev–Trinajstić information content (AvgIpc) is 2.02. The summed E-state index contributed by atoms with van der Waals surface area (Å²) in [7, 11) is 0. The maximum Gasteiger partial charge on any atom is 0.348 e. The van der Waals surface area contributed by atoms with Crippen LogP contribution < -0.4 is 0 Å². The Bertz CT molecular complexity index is 179. The van der Waals surface area contributed by atoms with Crippen molar-refractivity contribution in [3.8, 4) is 0 Å². The van der Waals surface area contributed by atoms with E-state index in [1.807, 2.05) is 0 Å². The molecule has 0 aromatic heterocycles. The van der Waals surface area contributed by atoms with Crippen LogP contribution in [-0.4, -0.2) is 30.7 Å². The fourth-order valence-corrected chi connectivity index (χ4v) is 0.533. The van der Waals surface area contributed by atoms with Crippen molar-refractivity contribution in [1.29, 1.82) is 0 Å². The van der Waals surface area contributed by atoms with E-state index in [1.165, 1.54) is 6.92 Å². The first-order valence-electron chi connectivity index (χ1n) is 3.49. The molecule has 0 amide bonds. The maximum absolute atomic E-state index is 12.6. The molecule has 0 aromatic carbocycles. The lowest BCUT2D eigenvalue weighted by Crippen LogP contribution is -2.32. The van der Waals surface area contributed by atoms with Crippen LogP contribution in [0.4, 0.5) is 8.78 Å². The van der Waals surface area contributed by atoms with Crippen LogP contribution in [0, 0.1) is 0 Å². The van der Waals surface area contributed by atoms with E-state index in [2.05, 4.69) is 4.74 Å². The quantitative estimate of drug-likeness (QED) is 0.475. The number of hydrogen-bond donors (Lipinski definition) is 0. The largest absolute Gasteiger partial charge is 0.463 e. The lowest BCUT2D eigenvalue weighted by molar-refractivity contribution is -0.154. The van der Waals surface area contributed by atoms with E-state index in [0.717, 1.165) is 6.92 Å². The smallest absolute Gasteiger partial charge is 0.348 e. The Kier molecular flexibility index (Phi) is 4.39. The van der Waals surface area contributed by atoms with Gasteiger partial charge in [0.15, 0.2) is 6.17 Å². The normalized spacial score (nSPS) is 15.0. The highest BCUT2D eigenvalue weighted by Gasteiger charge is 2.31. The van der Waals surface area contributed by atoms with Gasteiger partial charge in [0.25, 0.3) is 6.17 Å². The minimum atomic E-state index is -2.50. The van der Waals surface area contributed by atoms with Crippen LogP contribution in [0.3, 0.4) is 0 Å². The molecule has 0 aromatic rings. The first-order chi connectivity index (χ1) is 5.50. The van der Waals surface area contributed by atoms with Gasteiger partial charge in [0, 0.05) is 0 Å². The first kappa shape index (κ1) is 11.0. The number of carbonyl (C=O) groups is 2. The monoisotopic (exact) mass is 180 g/mol. The van der Waals surface area contributed by atoms with Crippen LogP contribution in [0.15, 0.2) is 0 Å². The summed E-state index contributed by atoms with van der Waals surface area (Å²) in [6, 6.07) is 0. The molecule has 0 heterocycles. The van der Waals surface area contributed by atoms with E-state index >= 15 is 0 Å². The Morgan fingerprint density at radius 2 is 1.92 bits per heavy atom. The van der Waals surface area contributed by atoms with Crippen molar-refractivity contribution in [1.82, 2.24) is 0 Å². The molecular weight excluding hydrogens is 170 g/mol. The van der Waals surface area contributed by atoms with Gasteiger partial charge in [-0.15, -0.1) is 0 Å². The fourth-order valence-electron chi connectivity index (χ4n) is 0.533. The average molecular weight is 180 g/mol. The molecule has 0 saturated heterocycles. The van der Waals surface area contributed by atoms with Gasteiger partial charge in [-0.2, -0.15) is 0 Å². The summed E-state index contributed by atoms with van der Waals surface area (Å²) < 4.78 is 28.9. The van der Waals surface area contributed by atoms with Gasteiger partial charge in [-0.05, 0) is 13.8 Å². The summed E-state index contributed by atoms with van der Waals surface area (Å²) in [4.78, 5) is 21.0. The van der Waals surface area contributed by atoms with Crippen LogP contribution in [-0.2, 0) is 14.3 Å². The van der Waals surface area contributed by atoms with Gasteiger partial charge in [-0.3, -0.25) is 4.79 Å². The molecule has 12 heavy (non-hydrogen) atoms. The predicted molar refractivity (Wildman–Crippen MR) is 37.1 cm³/mol. The van der Waals surface area contributed by atoms with Gasteiger partial charge < -0.3 is 4.74 Å². The predicted octanol–water partition coefficient (Wildman–Crippen LogP) is 0.815. The summed E-state index contributed by atoms with van der Waals surface area (Å²) in [6.45, 7) is 2.30. The number of alkyl halides is 2. The highest BCUT2D eigenvalue weighted by molar-refractivity contribution is 6.03. The van der Waals surface area contributed by atoms with Crippen molar-refractivity contribution in [3.05, 3.63) is 0 Å². The van der Waals surface area contributed by atoms with Crippen LogP contribution >= 0.6 is 0 Å². The lowest BCUT2D eigenvalue weighted by Gasteiger charge is -2.06. The number of esters is 1. The zero-order chi connectivity index (χ0) is 9.72. The molecule has 5 heteroatoms. The lowest BCUT2D eigenvalue weighted by atomic mass is 10.2. The summed E-state index contributed by atoms with van der Waals surface area (Å²) in [5.41, 5.74) is 0. The van der Waals surface area contributed by atoms with Crippen molar-refractivity contribution in [2.24, 2.45) is 0 Å². The van der Waals surface area contributed by atoms with E-state index in [9.17, 15) is 18.4 Å². The van der Waals surface area contributed by atoms with Gasteiger partial charge >= 0.3 is 5.97 Å². The zero-order valence-corrected chi connectivity index (χ0v) is 6.84. The van der Waals surface area contributed by atoms with Gasteiger partial charge in [-0.1, -0.05) is 0 Å². The van der Waals surface area contributed by atoms with Crippen molar-refractivity contribution in [3.63, 3.8) is 0 Å². The SMILES string of the molecule is CCOC(=O)C(F)C(=O)C(C)F. The zero-order valence-electron chi connectivity index (χ0n) is 6.84. The number of ether oxygens (including phenoxy) is 1. The molecule has 0 aliphatic heterocycles. The highest BCUT2D eigenvalue weighted by Crippen LogP contribution is 2.03. The van der Waals surface area contributed by atoms with Crippen LogP contribution in [0.25, 0.3) is 0 Å². The molecule has 70 valence electrons. The highest BCUT2D eigenvalue weighted by atomic mass is 19.1. The maximum atomic E-state index is 12.6. The Balaban J connectivity index is 4.10. The third-order valence-electron chi connectivity index (χ3n) is 1.14.